The van der Waals surface area contributed by atoms with Crippen LogP contribution in [0, 0.1) is 0 Å². The Balaban J connectivity index is 2.64. The molecule has 0 amide bonds. The first-order valence-corrected chi connectivity index (χ1v) is 5.64. The highest BCUT2D eigenvalue weighted by molar-refractivity contribution is 7.97. The van der Waals surface area contributed by atoms with E-state index < -0.39 is 5.97 Å². The van der Waals surface area contributed by atoms with Gasteiger partial charge in [0.05, 0.1) is 19.8 Å². The molecule has 0 unspecified atom stereocenters. The first kappa shape index (κ1) is 13.5. The largest absolute Gasteiger partial charge is 0.468 e. The maximum Gasteiger partial charge on any atom is 0.339 e. The molecule has 0 heterocycles. The third-order valence-electron chi connectivity index (χ3n) is 1.92. The number of hydrogen-bond acceptors (Lipinski definition) is 6. The number of benzene rings is 1. The van der Waals surface area contributed by atoms with Gasteiger partial charge in [0.15, 0.2) is 0 Å². The van der Waals surface area contributed by atoms with Crippen molar-refractivity contribution in [3.63, 3.8) is 0 Å². The lowest BCUT2D eigenvalue weighted by molar-refractivity contribution is -0.139. The molecule has 0 bridgehead atoms. The second kappa shape index (κ2) is 6.93. The van der Waals surface area contributed by atoms with Crippen molar-refractivity contribution < 1.29 is 19.1 Å². The van der Waals surface area contributed by atoms with Gasteiger partial charge in [-0.15, -0.1) is 0 Å². The van der Waals surface area contributed by atoms with Crippen LogP contribution in [0.3, 0.4) is 0 Å². The molecule has 0 aliphatic carbocycles. The van der Waals surface area contributed by atoms with Crippen LogP contribution in [0.2, 0.25) is 0 Å². The summed E-state index contributed by atoms with van der Waals surface area (Å²) in [6, 6.07) is 6.97. The summed E-state index contributed by atoms with van der Waals surface area (Å²) in [6.07, 6.45) is 0. The number of carbonyl (C=O) groups excluding carboxylic acids is 2. The van der Waals surface area contributed by atoms with E-state index in [2.05, 4.69) is 14.2 Å². The Morgan fingerprint density at radius 3 is 2.59 bits per heavy atom. The molecule has 0 aromatic heterocycles. The number of carbonyl (C=O) groups is 2. The lowest BCUT2D eigenvalue weighted by Gasteiger charge is -2.07. The number of esters is 2. The van der Waals surface area contributed by atoms with Gasteiger partial charge in [0.1, 0.15) is 6.54 Å². The third kappa shape index (κ3) is 4.08. The third-order valence-corrected chi connectivity index (χ3v) is 2.78. The normalized spacial score (nSPS) is 9.76. The van der Waals surface area contributed by atoms with E-state index in [-0.39, 0.29) is 12.5 Å². The van der Waals surface area contributed by atoms with E-state index in [4.69, 9.17) is 0 Å². The average Bonchev–Trinajstić information content (AvgIpc) is 2.38. The summed E-state index contributed by atoms with van der Waals surface area (Å²) >= 11 is 1.18. The van der Waals surface area contributed by atoms with Gasteiger partial charge >= 0.3 is 11.9 Å². The van der Waals surface area contributed by atoms with Gasteiger partial charge in [-0.3, -0.25) is 4.79 Å². The molecule has 0 aliphatic heterocycles. The van der Waals surface area contributed by atoms with E-state index in [0.717, 1.165) is 0 Å². The SMILES string of the molecule is COC(=O)CNSc1ccccc1C(=O)OC. The van der Waals surface area contributed by atoms with Crippen molar-refractivity contribution in [2.24, 2.45) is 0 Å². The van der Waals surface area contributed by atoms with Crippen LogP contribution < -0.4 is 4.72 Å². The van der Waals surface area contributed by atoms with Crippen molar-refractivity contribution in [3.8, 4) is 0 Å². The van der Waals surface area contributed by atoms with E-state index in [9.17, 15) is 9.59 Å². The fraction of sp³-hybridized carbons (Fsp3) is 0.273. The van der Waals surface area contributed by atoms with E-state index in [1.54, 1.807) is 24.3 Å². The molecule has 0 fully saturated rings. The molecule has 0 radical (unpaired) electrons. The number of rotatable bonds is 5. The Morgan fingerprint density at radius 1 is 1.24 bits per heavy atom. The van der Waals surface area contributed by atoms with Crippen LogP contribution >= 0.6 is 11.9 Å². The smallest absolute Gasteiger partial charge is 0.339 e. The molecular weight excluding hydrogens is 242 g/mol. The summed E-state index contributed by atoms with van der Waals surface area (Å²) in [7, 11) is 2.64. The average molecular weight is 255 g/mol. The van der Waals surface area contributed by atoms with Crippen molar-refractivity contribution in [2.75, 3.05) is 20.8 Å². The van der Waals surface area contributed by atoms with Crippen LogP contribution in [0.5, 0.6) is 0 Å². The van der Waals surface area contributed by atoms with Gasteiger partial charge in [0.25, 0.3) is 0 Å². The fourth-order valence-electron chi connectivity index (χ4n) is 1.08. The second-order valence-electron chi connectivity index (χ2n) is 2.99. The zero-order valence-electron chi connectivity index (χ0n) is 9.56. The van der Waals surface area contributed by atoms with Crippen LogP contribution in [0.25, 0.3) is 0 Å². The number of ether oxygens (including phenoxy) is 2. The van der Waals surface area contributed by atoms with E-state index in [0.29, 0.717) is 10.5 Å². The van der Waals surface area contributed by atoms with Crippen LogP contribution in [0.1, 0.15) is 10.4 Å². The predicted octanol–water partition coefficient (Wildman–Crippen LogP) is 1.24. The molecule has 1 aromatic carbocycles. The standard InChI is InChI=1S/C11H13NO4S/c1-15-10(13)7-12-17-9-6-4-3-5-8(9)11(14)16-2/h3-6,12H,7H2,1-2H3. The van der Waals surface area contributed by atoms with Crippen LogP contribution in [-0.2, 0) is 14.3 Å². The Kier molecular flexibility index (Phi) is 5.51. The molecule has 0 spiro atoms. The van der Waals surface area contributed by atoms with Gasteiger partial charge in [-0.2, -0.15) is 0 Å². The van der Waals surface area contributed by atoms with Crippen LogP contribution in [0.15, 0.2) is 29.2 Å². The lowest BCUT2D eigenvalue weighted by Crippen LogP contribution is -2.18. The van der Waals surface area contributed by atoms with E-state index >= 15 is 0 Å². The first-order valence-electron chi connectivity index (χ1n) is 4.83. The first-order chi connectivity index (χ1) is 8.19. The molecule has 5 nitrogen and oxygen atoms in total. The van der Waals surface area contributed by atoms with Crippen molar-refractivity contribution >= 4 is 23.9 Å². The number of nitrogens with one attached hydrogen (secondary N) is 1. The molecule has 1 N–H and O–H groups in total. The zero-order valence-corrected chi connectivity index (χ0v) is 10.4. The van der Waals surface area contributed by atoms with Gasteiger partial charge in [-0.1, -0.05) is 12.1 Å². The van der Waals surface area contributed by atoms with Gasteiger partial charge in [-0.25, -0.2) is 9.52 Å². The molecule has 1 aromatic rings. The zero-order chi connectivity index (χ0) is 12.7. The lowest BCUT2D eigenvalue weighted by atomic mass is 10.2. The molecule has 17 heavy (non-hydrogen) atoms. The monoisotopic (exact) mass is 255 g/mol. The molecular formula is C11H13NO4S. The van der Waals surface area contributed by atoms with Gasteiger partial charge in [-0.05, 0) is 24.1 Å². The number of hydrogen-bond donors (Lipinski definition) is 1. The Labute approximate surface area is 104 Å². The van der Waals surface area contributed by atoms with Crippen molar-refractivity contribution in [2.45, 2.75) is 4.90 Å². The van der Waals surface area contributed by atoms with Gasteiger partial charge < -0.3 is 9.47 Å². The quantitative estimate of drug-likeness (QED) is 0.631. The molecule has 0 atom stereocenters. The van der Waals surface area contributed by atoms with E-state index in [1.807, 2.05) is 0 Å². The Bertz CT molecular complexity index is 408. The summed E-state index contributed by atoms with van der Waals surface area (Å²) in [5.74, 6) is -0.777. The van der Waals surface area contributed by atoms with E-state index in [1.165, 1.54) is 26.2 Å². The fourth-order valence-corrected chi connectivity index (χ4v) is 1.83. The summed E-state index contributed by atoms with van der Waals surface area (Å²) < 4.78 is 11.9. The Morgan fingerprint density at radius 2 is 1.94 bits per heavy atom. The van der Waals surface area contributed by atoms with Crippen molar-refractivity contribution in [3.05, 3.63) is 29.8 Å². The molecule has 92 valence electrons. The van der Waals surface area contributed by atoms with Gasteiger partial charge in [0, 0.05) is 4.90 Å². The number of methoxy groups -OCH3 is 2. The molecule has 1 rings (SSSR count). The molecule has 0 saturated heterocycles. The van der Waals surface area contributed by atoms with Crippen LogP contribution in [0.4, 0.5) is 0 Å². The minimum absolute atomic E-state index is 0.0661. The Hall–Kier alpha value is -1.53. The molecule has 0 aliphatic rings. The summed E-state index contributed by atoms with van der Waals surface area (Å²) in [5.41, 5.74) is 0.456. The van der Waals surface area contributed by atoms with Crippen LogP contribution in [-0.4, -0.2) is 32.7 Å². The highest BCUT2D eigenvalue weighted by Gasteiger charge is 2.11. The van der Waals surface area contributed by atoms with Crippen molar-refractivity contribution in [1.29, 1.82) is 0 Å². The maximum atomic E-state index is 11.4. The highest BCUT2D eigenvalue weighted by Crippen LogP contribution is 2.20. The minimum atomic E-state index is -0.409. The highest BCUT2D eigenvalue weighted by atomic mass is 32.2. The maximum absolute atomic E-state index is 11.4. The molecule has 6 heteroatoms. The summed E-state index contributed by atoms with van der Waals surface area (Å²) in [5, 5.41) is 0. The van der Waals surface area contributed by atoms with Crippen molar-refractivity contribution in [1.82, 2.24) is 4.72 Å². The molecule has 0 saturated carbocycles. The van der Waals surface area contributed by atoms with Gasteiger partial charge in [0.2, 0.25) is 0 Å². The topological polar surface area (TPSA) is 64.6 Å². The summed E-state index contributed by atoms with van der Waals surface area (Å²) in [4.78, 5) is 23.0. The second-order valence-corrected chi connectivity index (χ2v) is 3.92. The predicted molar refractivity (Wildman–Crippen MR) is 63.7 cm³/mol. The summed E-state index contributed by atoms with van der Waals surface area (Å²) in [6.45, 7) is 0.0661. The minimum Gasteiger partial charge on any atom is -0.468 e.